The molecular formula is C14H19N3O2S2. The smallest absolute Gasteiger partial charge is 0.264 e. The van der Waals surface area contributed by atoms with Gasteiger partial charge in [0.05, 0.1) is 10.6 Å². The molecule has 0 saturated heterocycles. The summed E-state index contributed by atoms with van der Waals surface area (Å²) in [6, 6.07) is 4.82. The Hall–Kier alpha value is -1.60. The van der Waals surface area contributed by atoms with E-state index in [1.165, 1.54) is 17.4 Å². The van der Waals surface area contributed by atoms with E-state index in [1.807, 2.05) is 26.2 Å². The SMILES string of the molecule is Cc1ccc(N)cc1S(=O)(=O)Nc1nc(C(C)(C)C)cs1. The summed E-state index contributed by atoms with van der Waals surface area (Å²) in [4.78, 5) is 4.52. The number of thiazole rings is 1. The van der Waals surface area contributed by atoms with Crippen LogP contribution in [0.1, 0.15) is 32.0 Å². The Morgan fingerprint density at radius 2 is 1.95 bits per heavy atom. The molecule has 1 heterocycles. The van der Waals surface area contributed by atoms with Gasteiger partial charge in [-0.05, 0) is 24.6 Å². The molecule has 5 nitrogen and oxygen atoms in total. The van der Waals surface area contributed by atoms with Gasteiger partial charge in [-0.1, -0.05) is 26.8 Å². The molecule has 0 aliphatic heterocycles. The van der Waals surface area contributed by atoms with Crippen molar-refractivity contribution in [1.29, 1.82) is 0 Å². The van der Waals surface area contributed by atoms with Gasteiger partial charge in [0.1, 0.15) is 0 Å². The molecule has 0 saturated carbocycles. The maximum atomic E-state index is 12.4. The van der Waals surface area contributed by atoms with Gasteiger partial charge in [-0.25, -0.2) is 13.4 Å². The van der Waals surface area contributed by atoms with E-state index >= 15 is 0 Å². The summed E-state index contributed by atoms with van der Waals surface area (Å²) < 4.78 is 27.4. The number of hydrogen-bond donors (Lipinski definition) is 2. The lowest BCUT2D eigenvalue weighted by Gasteiger charge is -2.14. The lowest BCUT2D eigenvalue weighted by Crippen LogP contribution is -2.16. The van der Waals surface area contributed by atoms with Gasteiger partial charge in [0.2, 0.25) is 0 Å². The molecule has 7 heteroatoms. The van der Waals surface area contributed by atoms with Gasteiger partial charge < -0.3 is 5.73 Å². The number of anilines is 2. The number of aryl methyl sites for hydroxylation is 1. The van der Waals surface area contributed by atoms with Gasteiger partial charge in [0, 0.05) is 16.5 Å². The van der Waals surface area contributed by atoms with Crippen LogP contribution >= 0.6 is 11.3 Å². The number of nitrogens with two attached hydrogens (primary N) is 1. The highest BCUT2D eigenvalue weighted by Gasteiger charge is 2.22. The third-order valence-corrected chi connectivity index (χ3v) is 5.36. The van der Waals surface area contributed by atoms with Crippen molar-refractivity contribution < 1.29 is 8.42 Å². The molecule has 0 aliphatic rings. The van der Waals surface area contributed by atoms with Crippen LogP contribution in [0.4, 0.5) is 10.8 Å². The molecule has 2 rings (SSSR count). The van der Waals surface area contributed by atoms with E-state index in [9.17, 15) is 8.42 Å². The highest BCUT2D eigenvalue weighted by molar-refractivity contribution is 7.93. The Balaban J connectivity index is 2.34. The average molecular weight is 325 g/mol. The zero-order valence-electron chi connectivity index (χ0n) is 12.5. The van der Waals surface area contributed by atoms with Gasteiger partial charge in [0.25, 0.3) is 10.0 Å². The zero-order chi connectivity index (χ0) is 15.8. The molecule has 0 atom stereocenters. The monoisotopic (exact) mass is 325 g/mol. The van der Waals surface area contributed by atoms with Crippen molar-refractivity contribution in [3.63, 3.8) is 0 Å². The van der Waals surface area contributed by atoms with Crippen LogP contribution in [0.5, 0.6) is 0 Å². The van der Waals surface area contributed by atoms with E-state index in [4.69, 9.17) is 5.73 Å². The first-order chi connectivity index (χ1) is 9.59. The molecule has 2 aromatic rings. The largest absolute Gasteiger partial charge is 0.399 e. The normalized spacial score (nSPS) is 12.4. The predicted octanol–water partition coefficient (Wildman–Crippen LogP) is 3.13. The highest BCUT2D eigenvalue weighted by atomic mass is 32.2. The second-order valence-corrected chi connectivity index (χ2v) is 8.43. The molecule has 0 bridgehead atoms. The lowest BCUT2D eigenvalue weighted by molar-refractivity contribution is 0.573. The number of nitrogens with zero attached hydrogens (tertiary/aromatic N) is 1. The Labute approximate surface area is 129 Å². The van der Waals surface area contributed by atoms with Crippen molar-refractivity contribution in [3.8, 4) is 0 Å². The van der Waals surface area contributed by atoms with Crippen LogP contribution in [-0.2, 0) is 15.4 Å². The minimum atomic E-state index is -3.68. The molecule has 1 aromatic heterocycles. The van der Waals surface area contributed by atoms with Crippen LogP contribution in [0.15, 0.2) is 28.5 Å². The molecule has 114 valence electrons. The minimum Gasteiger partial charge on any atom is -0.399 e. The first-order valence-electron chi connectivity index (χ1n) is 6.44. The molecule has 0 unspecified atom stereocenters. The average Bonchev–Trinajstić information content (AvgIpc) is 2.79. The number of rotatable bonds is 3. The summed E-state index contributed by atoms with van der Waals surface area (Å²) >= 11 is 1.28. The van der Waals surface area contributed by atoms with Crippen LogP contribution in [0.25, 0.3) is 0 Å². The molecule has 0 amide bonds. The summed E-state index contributed by atoms with van der Waals surface area (Å²) in [5.41, 5.74) is 7.47. The van der Waals surface area contributed by atoms with E-state index in [-0.39, 0.29) is 10.3 Å². The van der Waals surface area contributed by atoms with Crippen molar-refractivity contribution in [2.75, 3.05) is 10.5 Å². The fourth-order valence-corrected chi connectivity index (χ4v) is 4.21. The zero-order valence-corrected chi connectivity index (χ0v) is 14.1. The summed E-state index contributed by atoms with van der Waals surface area (Å²) in [6.45, 7) is 7.82. The Morgan fingerprint density at radius 1 is 1.29 bits per heavy atom. The van der Waals surface area contributed by atoms with E-state index in [1.54, 1.807) is 19.1 Å². The van der Waals surface area contributed by atoms with Crippen molar-refractivity contribution in [1.82, 2.24) is 4.98 Å². The van der Waals surface area contributed by atoms with Crippen LogP contribution < -0.4 is 10.5 Å². The maximum Gasteiger partial charge on any atom is 0.264 e. The third-order valence-electron chi connectivity index (χ3n) is 3.00. The summed E-state index contributed by atoms with van der Waals surface area (Å²) in [5.74, 6) is 0. The molecule has 21 heavy (non-hydrogen) atoms. The second kappa shape index (κ2) is 5.31. The van der Waals surface area contributed by atoms with Crippen molar-refractivity contribution in [2.24, 2.45) is 0 Å². The molecule has 0 aliphatic carbocycles. The van der Waals surface area contributed by atoms with E-state index in [2.05, 4.69) is 9.71 Å². The van der Waals surface area contributed by atoms with Gasteiger partial charge in [0.15, 0.2) is 5.13 Å². The number of nitrogens with one attached hydrogen (secondary N) is 1. The van der Waals surface area contributed by atoms with Crippen LogP contribution in [0.2, 0.25) is 0 Å². The van der Waals surface area contributed by atoms with E-state index in [0.717, 1.165) is 5.69 Å². The topological polar surface area (TPSA) is 85.1 Å². The Bertz CT molecular complexity index is 759. The van der Waals surface area contributed by atoms with Crippen molar-refractivity contribution in [3.05, 3.63) is 34.8 Å². The number of hydrogen-bond acceptors (Lipinski definition) is 5. The molecule has 1 aromatic carbocycles. The summed E-state index contributed by atoms with van der Waals surface area (Å²) in [7, 11) is -3.68. The molecule has 0 fully saturated rings. The van der Waals surface area contributed by atoms with Gasteiger partial charge >= 0.3 is 0 Å². The maximum absolute atomic E-state index is 12.4. The Kier molecular flexibility index (Phi) is 3.99. The second-order valence-electron chi connectivity index (χ2n) is 5.92. The van der Waals surface area contributed by atoms with E-state index < -0.39 is 10.0 Å². The minimum absolute atomic E-state index is 0.118. The number of aromatic nitrogens is 1. The van der Waals surface area contributed by atoms with Crippen molar-refractivity contribution in [2.45, 2.75) is 38.0 Å². The lowest BCUT2D eigenvalue weighted by atomic mass is 9.93. The standard InChI is InChI=1S/C14H19N3O2S2/c1-9-5-6-10(15)7-11(9)21(18,19)17-13-16-12(8-20-13)14(2,3)4/h5-8H,15H2,1-4H3,(H,16,17). The number of nitrogen functional groups attached to an aromatic ring is 1. The molecule has 3 N–H and O–H groups in total. The van der Waals surface area contributed by atoms with Crippen LogP contribution in [0, 0.1) is 6.92 Å². The van der Waals surface area contributed by atoms with Gasteiger partial charge in [-0.3, -0.25) is 4.72 Å². The fourth-order valence-electron chi connectivity index (χ4n) is 1.74. The van der Waals surface area contributed by atoms with Gasteiger partial charge in [-0.2, -0.15) is 0 Å². The van der Waals surface area contributed by atoms with Crippen LogP contribution in [0.3, 0.4) is 0 Å². The highest BCUT2D eigenvalue weighted by Crippen LogP contribution is 2.28. The molecular weight excluding hydrogens is 306 g/mol. The summed E-state index contributed by atoms with van der Waals surface area (Å²) in [5, 5.41) is 2.23. The molecule has 0 radical (unpaired) electrons. The van der Waals surface area contributed by atoms with Gasteiger partial charge in [-0.15, -0.1) is 11.3 Å². The number of benzene rings is 1. The first-order valence-corrected chi connectivity index (χ1v) is 8.81. The third kappa shape index (κ3) is 3.54. The number of sulfonamides is 1. The fraction of sp³-hybridized carbons (Fsp3) is 0.357. The van der Waals surface area contributed by atoms with Crippen molar-refractivity contribution >= 4 is 32.2 Å². The predicted molar refractivity (Wildman–Crippen MR) is 87.2 cm³/mol. The van der Waals surface area contributed by atoms with E-state index in [0.29, 0.717) is 16.4 Å². The first kappa shape index (κ1) is 15.8. The van der Waals surface area contributed by atoms with Crippen LogP contribution in [-0.4, -0.2) is 13.4 Å². The summed E-state index contributed by atoms with van der Waals surface area (Å²) in [6.07, 6.45) is 0. The molecule has 0 spiro atoms. The Morgan fingerprint density at radius 3 is 2.52 bits per heavy atom. The quantitative estimate of drug-likeness (QED) is 0.849.